The van der Waals surface area contributed by atoms with Crippen molar-refractivity contribution in [3.63, 3.8) is 0 Å². The third-order valence-electron chi connectivity index (χ3n) is 2.41. The molecule has 0 aromatic heterocycles. The van der Waals surface area contributed by atoms with Crippen LogP contribution in [0.15, 0.2) is 12.2 Å². The van der Waals surface area contributed by atoms with E-state index >= 15 is 0 Å². The van der Waals surface area contributed by atoms with Crippen molar-refractivity contribution in [3.8, 4) is 0 Å². The molecule has 0 unspecified atom stereocenters. The summed E-state index contributed by atoms with van der Waals surface area (Å²) in [6.45, 7) is 0.430. The quantitative estimate of drug-likeness (QED) is 0.645. The predicted octanol–water partition coefficient (Wildman–Crippen LogP) is 1.04. The van der Waals surface area contributed by atoms with Crippen LogP contribution in [0.2, 0.25) is 0 Å². The van der Waals surface area contributed by atoms with Crippen LogP contribution in [0.5, 0.6) is 0 Å². The Morgan fingerprint density at radius 2 is 1.73 bits per heavy atom. The summed E-state index contributed by atoms with van der Waals surface area (Å²) < 4.78 is 5.40. The number of carbonyl (C=O) groups is 2. The van der Waals surface area contributed by atoms with Gasteiger partial charge in [-0.05, 0) is 12.8 Å². The molecule has 15 heavy (non-hydrogen) atoms. The lowest BCUT2D eigenvalue weighted by Crippen LogP contribution is -2.29. The monoisotopic (exact) mass is 214 g/mol. The third-order valence-corrected chi connectivity index (χ3v) is 2.41. The molecule has 84 valence electrons. The average Bonchev–Trinajstić information content (AvgIpc) is 2.61. The van der Waals surface area contributed by atoms with Crippen LogP contribution in [0.1, 0.15) is 25.7 Å². The van der Waals surface area contributed by atoms with E-state index in [1.807, 2.05) is 0 Å². The standard InChI is InChI=1S/C10H14O5/c11-8(12)2-5-10(4-1-7-15-10)6-3-9(13)14/h1,4H,2-3,5-7H2,(H,11,12)(H,13,14). The molecule has 0 saturated carbocycles. The van der Waals surface area contributed by atoms with Gasteiger partial charge in [0.25, 0.3) is 0 Å². The van der Waals surface area contributed by atoms with Gasteiger partial charge >= 0.3 is 11.9 Å². The van der Waals surface area contributed by atoms with Gasteiger partial charge < -0.3 is 14.9 Å². The van der Waals surface area contributed by atoms with Crippen LogP contribution in [-0.2, 0) is 14.3 Å². The molecule has 0 saturated heterocycles. The normalized spacial score (nSPS) is 17.9. The van der Waals surface area contributed by atoms with E-state index in [2.05, 4.69) is 0 Å². The van der Waals surface area contributed by atoms with Crippen molar-refractivity contribution >= 4 is 11.9 Å². The van der Waals surface area contributed by atoms with Gasteiger partial charge in [-0.2, -0.15) is 0 Å². The molecule has 0 fully saturated rings. The molecule has 1 aliphatic heterocycles. The van der Waals surface area contributed by atoms with Gasteiger partial charge in [0.2, 0.25) is 0 Å². The molecule has 5 heteroatoms. The molecule has 0 atom stereocenters. The molecular weight excluding hydrogens is 200 g/mol. The Hall–Kier alpha value is -1.36. The maximum atomic E-state index is 10.4. The summed E-state index contributed by atoms with van der Waals surface area (Å²) in [5.74, 6) is -1.79. The second kappa shape index (κ2) is 4.93. The summed E-state index contributed by atoms with van der Waals surface area (Å²) in [7, 11) is 0. The van der Waals surface area contributed by atoms with Crippen LogP contribution in [-0.4, -0.2) is 34.4 Å². The van der Waals surface area contributed by atoms with E-state index in [1.54, 1.807) is 12.2 Å². The number of aliphatic carboxylic acids is 2. The molecule has 0 aromatic carbocycles. The van der Waals surface area contributed by atoms with Crippen molar-refractivity contribution in [2.24, 2.45) is 0 Å². The first-order valence-corrected chi connectivity index (χ1v) is 4.79. The summed E-state index contributed by atoms with van der Waals surface area (Å²) in [4.78, 5) is 20.9. The van der Waals surface area contributed by atoms with Crippen LogP contribution in [0.25, 0.3) is 0 Å². The molecule has 0 aromatic rings. The largest absolute Gasteiger partial charge is 0.481 e. The minimum Gasteiger partial charge on any atom is -0.481 e. The number of rotatable bonds is 6. The SMILES string of the molecule is O=C(O)CCC1(CCC(=O)O)C=CCO1. The molecule has 1 heterocycles. The van der Waals surface area contributed by atoms with E-state index in [1.165, 1.54) is 0 Å². The number of ether oxygens (including phenoxy) is 1. The third kappa shape index (κ3) is 3.71. The van der Waals surface area contributed by atoms with E-state index < -0.39 is 17.5 Å². The predicted molar refractivity (Wildman–Crippen MR) is 51.6 cm³/mol. The van der Waals surface area contributed by atoms with Crippen molar-refractivity contribution in [2.45, 2.75) is 31.3 Å². The van der Waals surface area contributed by atoms with Crippen LogP contribution in [0.4, 0.5) is 0 Å². The molecular formula is C10H14O5. The van der Waals surface area contributed by atoms with Gasteiger partial charge in [0.15, 0.2) is 0 Å². The average molecular weight is 214 g/mol. The van der Waals surface area contributed by atoms with E-state index in [-0.39, 0.29) is 12.8 Å². The van der Waals surface area contributed by atoms with Crippen LogP contribution >= 0.6 is 0 Å². The molecule has 0 spiro atoms. The van der Waals surface area contributed by atoms with E-state index in [9.17, 15) is 9.59 Å². The second-order valence-corrected chi connectivity index (χ2v) is 3.57. The van der Waals surface area contributed by atoms with Crippen LogP contribution in [0.3, 0.4) is 0 Å². The smallest absolute Gasteiger partial charge is 0.303 e. The molecule has 5 nitrogen and oxygen atoms in total. The second-order valence-electron chi connectivity index (χ2n) is 3.57. The zero-order valence-corrected chi connectivity index (χ0v) is 8.31. The lowest BCUT2D eigenvalue weighted by atomic mass is 9.92. The Morgan fingerprint density at radius 3 is 2.07 bits per heavy atom. The van der Waals surface area contributed by atoms with Gasteiger partial charge in [-0.25, -0.2) is 0 Å². The molecule has 0 aliphatic carbocycles. The maximum absolute atomic E-state index is 10.4. The minimum atomic E-state index is -0.895. The molecule has 0 bridgehead atoms. The Balaban J connectivity index is 2.50. The molecule has 0 radical (unpaired) electrons. The van der Waals surface area contributed by atoms with Gasteiger partial charge in [0.1, 0.15) is 0 Å². The first-order chi connectivity index (χ1) is 7.04. The summed E-state index contributed by atoms with van der Waals surface area (Å²) in [6, 6.07) is 0. The Morgan fingerprint density at radius 1 is 1.20 bits per heavy atom. The fourth-order valence-corrected chi connectivity index (χ4v) is 1.60. The lowest BCUT2D eigenvalue weighted by molar-refractivity contribution is -0.139. The number of carboxylic acid groups (broad SMARTS) is 2. The summed E-state index contributed by atoms with van der Waals surface area (Å²) in [5.41, 5.74) is -0.684. The van der Waals surface area contributed by atoms with Crippen LogP contribution in [0, 0.1) is 0 Å². The van der Waals surface area contributed by atoms with Gasteiger partial charge in [0, 0.05) is 12.8 Å². The van der Waals surface area contributed by atoms with Gasteiger partial charge in [0.05, 0.1) is 12.2 Å². The lowest BCUT2D eigenvalue weighted by Gasteiger charge is -2.25. The highest BCUT2D eigenvalue weighted by Gasteiger charge is 2.31. The Labute approximate surface area is 87.4 Å². The number of hydrogen-bond donors (Lipinski definition) is 2. The zero-order valence-electron chi connectivity index (χ0n) is 8.31. The highest BCUT2D eigenvalue weighted by Crippen LogP contribution is 2.29. The first kappa shape index (κ1) is 11.7. The highest BCUT2D eigenvalue weighted by molar-refractivity contribution is 5.67. The van der Waals surface area contributed by atoms with E-state index in [0.29, 0.717) is 19.4 Å². The molecule has 0 amide bonds. The fourth-order valence-electron chi connectivity index (χ4n) is 1.60. The first-order valence-electron chi connectivity index (χ1n) is 4.79. The molecule has 1 aliphatic rings. The van der Waals surface area contributed by atoms with E-state index in [0.717, 1.165) is 0 Å². The number of carboxylic acids is 2. The number of hydrogen-bond acceptors (Lipinski definition) is 3. The van der Waals surface area contributed by atoms with Crippen molar-refractivity contribution < 1.29 is 24.5 Å². The Bertz CT molecular complexity index is 264. The summed E-state index contributed by atoms with van der Waals surface area (Å²) in [5, 5.41) is 17.1. The maximum Gasteiger partial charge on any atom is 0.303 e. The molecule has 2 N–H and O–H groups in total. The van der Waals surface area contributed by atoms with E-state index in [4.69, 9.17) is 14.9 Å². The van der Waals surface area contributed by atoms with Gasteiger partial charge in [-0.15, -0.1) is 0 Å². The van der Waals surface area contributed by atoms with Crippen LogP contribution < -0.4 is 0 Å². The van der Waals surface area contributed by atoms with Crippen molar-refractivity contribution in [1.82, 2.24) is 0 Å². The van der Waals surface area contributed by atoms with Gasteiger partial charge in [-0.1, -0.05) is 12.2 Å². The summed E-state index contributed by atoms with van der Waals surface area (Å²) >= 11 is 0. The van der Waals surface area contributed by atoms with Crippen molar-refractivity contribution in [2.75, 3.05) is 6.61 Å². The van der Waals surface area contributed by atoms with Gasteiger partial charge in [-0.3, -0.25) is 9.59 Å². The topological polar surface area (TPSA) is 83.8 Å². The fraction of sp³-hybridized carbons (Fsp3) is 0.600. The summed E-state index contributed by atoms with van der Waals surface area (Å²) in [6.07, 6.45) is 4.20. The Kier molecular flexibility index (Phi) is 3.85. The molecule has 1 rings (SSSR count). The van der Waals surface area contributed by atoms with Crippen molar-refractivity contribution in [1.29, 1.82) is 0 Å². The minimum absolute atomic E-state index is 0.00996. The van der Waals surface area contributed by atoms with Crippen molar-refractivity contribution in [3.05, 3.63) is 12.2 Å². The zero-order chi connectivity index (χ0) is 11.3. The highest BCUT2D eigenvalue weighted by atomic mass is 16.5.